The molecule has 3 aliphatic heterocycles. The summed E-state index contributed by atoms with van der Waals surface area (Å²) >= 11 is 0. The number of nitrogens with zero attached hydrogens (tertiary/aromatic N) is 2. The third-order valence-corrected chi connectivity index (χ3v) is 9.94. The summed E-state index contributed by atoms with van der Waals surface area (Å²) in [5.41, 5.74) is 4.26. The van der Waals surface area contributed by atoms with E-state index < -0.39 is 0 Å². The second-order valence-corrected chi connectivity index (χ2v) is 11.6. The van der Waals surface area contributed by atoms with Crippen LogP contribution in [0.25, 0.3) is 0 Å². The summed E-state index contributed by atoms with van der Waals surface area (Å²) in [6, 6.07) is 6.59. The standard InChI is InChI=1S/C27H38N2O3/c1-17-7-5-9-21(19(17)3)29-13-11-28(12-14-29)16-20-23-22(31-25(20)30)15-26(4)10-6-8-18(2)27(26)24(23)32-27/h5,7,9,18,20,22-24H,6,8,10-16H2,1-4H3. The molecule has 5 nitrogen and oxygen atoms in total. The molecule has 6 rings (SSSR count). The van der Waals surface area contributed by atoms with Crippen molar-refractivity contribution < 1.29 is 14.3 Å². The van der Waals surface area contributed by atoms with Crippen LogP contribution < -0.4 is 4.90 Å². The Bertz CT molecular complexity index is 925. The maximum atomic E-state index is 13.0. The molecule has 0 N–H and O–H groups in total. The van der Waals surface area contributed by atoms with Crippen LogP contribution in [0.2, 0.25) is 0 Å². The Hall–Kier alpha value is -1.59. The number of piperazine rings is 1. The molecular formula is C27H38N2O3. The fourth-order valence-corrected chi connectivity index (χ4v) is 7.97. The van der Waals surface area contributed by atoms with Crippen molar-refractivity contribution in [3.8, 4) is 0 Å². The number of rotatable bonds is 3. The molecule has 3 saturated heterocycles. The SMILES string of the molecule is Cc1cccc(N2CCN(CC3C(=O)OC4CC5(C)CCCC(C)C56OC6C43)CC2)c1C. The van der Waals surface area contributed by atoms with Crippen molar-refractivity contribution in [3.05, 3.63) is 29.3 Å². The Morgan fingerprint density at radius 2 is 1.94 bits per heavy atom. The summed E-state index contributed by atoms with van der Waals surface area (Å²) in [5.74, 6) is 0.825. The third kappa shape index (κ3) is 2.86. The van der Waals surface area contributed by atoms with E-state index in [4.69, 9.17) is 9.47 Å². The number of hydrogen-bond acceptors (Lipinski definition) is 5. The van der Waals surface area contributed by atoms with Crippen LogP contribution >= 0.6 is 0 Å². The lowest BCUT2D eigenvalue weighted by molar-refractivity contribution is -0.146. The minimum absolute atomic E-state index is 0.0000399. The summed E-state index contributed by atoms with van der Waals surface area (Å²) in [5, 5.41) is 0. The summed E-state index contributed by atoms with van der Waals surface area (Å²) in [7, 11) is 0. The lowest BCUT2D eigenvalue weighted by Gasteiger charge is -2.49. The molecule has 5 fully saturated rings. The van der Waals surface area contributed by atoms with Gasteiger partial charge in [0.1, 0.15) is 11.7 Å². The molecule has 3 heterocycles. The lowest BCUT2D eigenvalue weighted by Crippen LogP contribution is -2.55. The zero-order valence-electron chi connectivity index (χ0n) is 20.1. The first-order valence-corrected chi connectivity index (χ1v) is 12.8. The molecule has 5 heteroatoms. The van der Waals surface area contributed by atoms with E-state index in [2.05, 4.69) is 55.7 Å². The Balaban J connectivity index is 1.15. The highest BCUT2D eigenvalue weighted by Gasteiger charge is 2.78. The minimum atomic E-state index is -0.0321. The van der Waals surface area contributed by atoms with Gasteiger partial charge in [0.25, 0.3) is 0 Å². The molecule has 2 saturated carbocycles. The van der Waals surface area contributed by atoms with E-state index in [9.17, 15) is 4.79 Å². The van der Waals surface area contributed by atoms with Crippen molar-refractivity contribution in [2.24, 2.45) is 23.2 Å². The van der Waals surface area contributed by atoms with Gasteiger partial charge < -0.3 is 14.4 Å². The Morgan fingerprint density at radius 3 is 2.72 bits per heavy atom. The summed E-state index contributed by atoms with van der Waals surface area (Å²) in [4.78, 5) is 18.0. The van der Waals surface area contributed by atoms with Crippen molar-refractivity contribution >= 4 is 11.7 Å². The first-order chi connectivity index (χ1) is 15.3. The number of carbonyl (C=O) groups excluding carboxylic acids is 1. The zero-order valence-corrected chi connectivity index (χ0v) is 20.1. The van der Waals surface area contributed by atoms with Crippen LogP contribution in [-0.2, 0) is 14.3 Å². The van der Waals surface area contributed by atoms with Gasteiger partial charge >= 0.3 is 5.97 Å². The number of carbonyl (C=O) groups is 1. The lowest BCUT2D eigenvalue weighted by atomic mass is 9.53. The average Bonchev–Trinajstić information content (AvgIpc) is 3.45. The van der Waals surface area contributed by atoms with Crippen LogP contribution in [0.15, 0.2) is 18.2 Å². The maximum absolute atomic E-state index is 13.0. The van der Waals surface area contributed by atoms with Gasteiger partial charge in [-0.25, -0.2) is 0 Å². The van der Waals surface area contributed by atoms with Crippen molar-refractivity contribution in [1.29, 1.82) is 0 Å². The Morgan fingerprint density at radius 1 is 1.16 bits per heavy atom. The zero-order chi connectivity index (χ0) is 22.3. The van der Waals surface area contributed by atoms with E-state index in [1.54, 1.807) is 0 Å². The summed E-state index contributed by atoms with van der Waals surface area (Å²) in [6.45, 7) is 14.0. The number of esters is 1. The fourth-order valence-electron chi connectivity index (χ4n) is 7.97. The van der Waals surface area contributed by atoms with Gasteiger partial charge in [-0.15, -0.1) is 0 Å². The van der Waals surface area contributed by atoms with E-state index in [1.165, 1.54) is 36.1 Å². The van der Waals surface area contributed by atoms with Gasteiger partial charge in [0.15, 0.2) is 0 Å². The number of hydrogen-bond donors (Lipinski definition) is 0. The van der Waals surface area contributed by atoms with Crippen LogP contribution in [0, 0.1) is 37.0 Å². The summed E-state index contributed by atoms with van der Waals surface area (Å²) < 4.78 is 12.6. The highest BCUT2D eigenvalue weighted by Crippen LogP contribution is 2.70. The quantitative estimate of drug-likeness (QED) is 0.528. The van der Waals surface area contributed by atoms with Gasteiger partial charge in [0, 0.05) is 49.7 Å². The van der Waals surface area contributed by atoms with E-state index >= 15 is 0 Å². The Labute approximate surface area is 192 Å². The van der Waals surface area contributed by atoms with Crippen LogP contribution in [0.4, 0.5) is 5.69 Å². The smallest absolute Gasteiger partial charge is 0.311 e. The molecule has 5 aliphatic rings. The van der Waals surface area contributed by atoms with Crippen LogP contribution in [0.5, 0.6) is 0 Å². The van der Waals surface area contributed by atoms with Crippen molar-refractivity contribution in [2.75, 3.05) is 37.6 Å². The third-order valence-electron chi connectivity index (χ3n) is 9.94. The molecule has 0 bridgehead atoms. The van der Waals surface area contributed by atoms with E-state index in [0.29, 0.717) is 5.92 Å². The maximum Gasteiger partial charge on any atom is 0.311 e. The molecule has 0 radical (unpaired) electrons. The second kappa shape index (κ2) is 7.20. The predicted octanol–water partition coefficient (Wildman–Crippen LogP) is 3.95. The van der Waals surface area contributed by atoms with Gasteiger partial charge in [0.05, 0.1) is 12.0 Å². The van der Waals surface area contributed by atoms with Crippen molar-refractivity contribution in [3.63, 3.8) is 0 Å². The molecule has 0 amide bonds. The van der Waals surface area contributed by atoms with Crippen LogP contribution in [0.3, 0.4) is 0 Å². The van der Waals surface area contributed by atoms with Crippen molar-refractivity contribution in [1.82, 2.24) is 4.90 Å². The largest absolute Gasteiger partial charge is 0.462 e. The molecule has 1 spiro atoms. The molecule has 7 atom stereocenters. The molecule has 174 valence electrons. The van der Waals surface area contributed by atoms with E-state index in [1.807, 2.05) is 0 Å². The molecule has 7 unspecified atom stereocenters. The van der Waals surface area contributed by atoms with E-state index in [0.717, 1.165) is 39.1 Å². The highest BCUT2D eigenvalue weighted by atomic mass is 16.6. The van der Waals surface area contributed by atoms with Gasteiger partial charge in [0.2, 0.25) is 0 Å². The summed E-state index contributed by atoms with van der Waals surface area (Å²) in [6.07, 6.45) is 4.99. The number of ether oxygens (including phenoxy) is 2. The number of fused-ring (bicyclic) bond motifs is 2. The molecule has 32 heavy (non-hydrogen) atoms. The normalized spacial score (nSPS) is 43.3. The van der Waals surface area contributed by atoms with Gasteiger partial charge in [-0.2, -0.15) is 0 Å². The fraction of sp³-hybridized carbons (Fsp3) is 0.741. The molecular weight excluding hydrogens is 400 g/mol. The Kier molecular flexibility index (Phi) is 4.72. The first-order valence-electron chi connectivity index (χ1n) is 12.8. The van der Waals surface area contributed by atoms with Gasteiger partial charge in [-0.1, -0.05) is 32.4 Å². The average molecular weight is 439 g/mol. The van der Waals surface area contributed by atoms with Gasteiger partial charge in [-0.3, -0.25) is 9.69 Å². The molecule has 0 aromatic heterocycles. The topological polar surface area (TPSA) is 45.3 Å². The highest BCUT2D eigenvalue weighted by molar-refractivity contribution is 5.76. The van der Waals surface area contributed by atoms with Crippen molar-refractivity contribution in [2.45, 2.75) is 71.2 Å². The van der Waals surface area contributed by atoms with Crippen LogP contribution in [0.1, 0.15) is 50.7 Å². The number of benzene rings is 1. The first kappa shape index (κ1) is 21.0. The minimum Gasteiger partial charge on any atom is -0.462 e. The number of aryl methyl sites for hydroxylation is 1. The molecule has 1 aromatic carbocycles. The van der Waals surface area contributed by atoms with E-state index in [-0.39, 0.29) is 41.0 Å². The monoisotopic (exact) mass is 438 g/mol. The number of epoxide rings is 1. The van der Waals surface area contributed by atoms with Crippen LogP contribution in [-0.4, -0.2) is 61.4 Å². The molecule has 1 aromatic rings. The predicted molar refractivity (Wildman–Crippen MR) is 125 cm³/mol. The van der Waals surface area contributed by atoms with Gasteiger partial charge in [-0.05, 0) is 56.2 Å². The second-order valence-electron chi connectivity index (χ2n) is 11.6. The molecule has 2 aliphatic carbocycles. The number of anilines is 1.